The second kappa shape index (κ2) is 7.05. The van der Waals surface area contributed by atoms with E-state index in [1.807, 2.05) is 0 Å². The van der Waals surface area contributed by atoms with E-state index in [4.69, 9.17) is 5.73 Å². The van der Waals surface area contributed by atoms with Gasteiger partial charge in [0.15, 0.2) is 0 Å². The quantitative estimate of drug-likeness (QED) is 0.712. The van der Waals surface area contributed by atoms with Gasteiger partial charge in [-0.3, -0.25) is 14.2 Å². The fourth-order valence-electron chi connectivity index (χ4n) is 1.87. The number of aromatic amines is 1. The minimum atomic E-state index is -0.607. The summed E-state index contributed by atoms with van der Waals surface area (Å²) in [5, 5.41) is 2.97. The summed E-state index contributed by atoms with van der Waals surface area (Å²) in [6.07, 6.45) is 0. The number of amides is 1. The molecule has 0 spiro atoms. The average molecular weight is 313 g/mol. The number of rotatable bonds is 4. The zero-order chi connectivity index (χ0) is 14.7. The van der Waals surface area contributed by atoms with E-state index >= 15 is 0 Å². The number of carbonyl (C=O) groups is 1. The number of benzene rings is 1. The first-order valence-electron chi connectivity index (χ1n) is 6.24. The molecule has 1 aromatic heterocycles. The minimum absolute atomic E-state index is 0. The highest BCUT2D eigenvalue weighted by molar-refractivity contribution is 5.85. The van der Waals surface area contributed by atoms with E-state index in [1.54, 1.807) is 31.2 Å². The molecule has 1 amide bonds. The molecule has 0 aliphatic carbocycles. The van der Waals surface area contributed by atoms with Crippen molar-refractivity contribution in [3.05, 3.63) is 45.1 Å². The van der Waals surface area contributed by atoms with E-state index in [1.165, 1.54) is 0 Å². The van der Waals surface area contributed by atoms with Crippen molar-refractivity contribution < 1.29 is 4.79 Å². The van der Waals surface area contributed by atoms with Gasteiger partial charge < -0.3 is 16.0 Å². The molecule has 114 valence electrons. The Hall–Kier alpha value is -2.12. The normalized spacial score (nSPS) is 11.7. The van der Waals surface area contributed by atoms with E-state index in [0.717, 1.165) is 4.57 Å². The van der Waals surface area contributed by atoms with Gasteiger partial charge in [0.2, 0.25) is 5.91 Å². The van der Waals surface area contributed by atoms with Crippen molar-refractivity contribution in [1.29, 1.82) is 0 Å². The van der Waals surface area contributed by atoms with Crippen LogP contribution in [0.1, 0.15) is 6.92 Å². The van der Waals surface area contributed by atoms with E-state index in [9.17, 15) is 14.4 Å². The lowest BCUT2D eigenvalue weighted by Crippen LogP contribution is -2.44. The fraction of sp³-hybridized carbons (Fsp3) is 0.308. The lowest BCUT2D eigenvalue weighted by atomic mass is 10.2. The van der Waals surface area contributed by atoms with Crippen LogP contribution in [0.25, 0.3) is 10.9 Å². The number of H-pyrrole nitrogens is 1. The predicted octanol–water partition coefficient (Wildman–Crippen LogP) is -0.425. The highest BCUT2D eigenvalue weighted by atomic mass is 35.5. The number of nitrogens with one attached hydrogen (secondary N) is 2. The lowest BCUT2D eigenvalue weighted by molar-refractivity contribution is -0.122. The number of nitrogens with zero attached hydrogens (tertiary/aromatic N) is 1. The molecule has 0 saturated carbocycles. The summed E-state index contributed by atoms with van der Waals surface area (Å²) < 4.78 is 0.876. The smallest absolute Gasteiger partial charge is 0.329 e. The number of halogens is 1. The number of carbonyl (C=O) groups excluding carboxylic acids is 1. The molecule has 7 nitrogen and oxygen atoms in total. The van der Waals surface area contributed by atoms with Crippen LogP contribution in [0.2, 0.25) is 0 Å². The Morgan fingerprint density at radius 1 is 1.38 bits per heavy atom. The molecule has 1 atom stereocenters. The molecular formula is C13H17ClN4O3. The van der Waals surface area contributed by atoms with Gasteiger partial charge in [0.05, 0.1) is 10.9 Å². The average Bonchev–Trinajstić information content (AvgIpc) is 2.43. The van der Waals surface area contributed by atoms with Crippen LogP contribution < -0.4 is 22.3 Å². The zero-order valence-corrected chi connectivity index (χ0v) is 12.3. The molecule has 21 heavy (non-hydrogen) atoms. The van der Waals surface area contributed by atoms with Gasteiger partial charge in [-0.25, -0.2) is 4.79 Å². The van der Waals surface area contributed by atoms with Gasteiger partial charge in [0, 0.05) is 12.6 Å². The van der Waals surface area contributed by atoms with Crippen molar-refractivity contribution in [3.8, 4) is 0 Å². The lowest BCUT2D eigenvalue weighted by Gasteiger charge is -2.12. The molecule has 0 bridgehead atoms. The van der Waals surface area contributed by atoms with E-state index in [-0.39, 0.29) is 31.5 Å². The first kappa shape index (κ1) is 16.9. The van der Waals surface area contributed by atoms with Crippen molar-refractivity contribution in [2.24, 2.45) is 5.73 Å². The van der Waals surface area contributed by atoms with Gasteiger partial charge >= 0.3 is 5.69 Å². The molecule has 2 rings (SSSR count). The van der Waals surface area contributed by atoms with Crippen molar-refractivity contribution in [3.63, 3.8) is 0 Å². The third kappa shape index (κ3) is 3.71. The number of hydrogen-bond donors (Lipinski definition) is 3. The maximum Gasteiger partial charge on any atom is 0.329 e. The summed E-state index contributed by atoms with van der Waals surface area (Å²) >= 11 is 0. The maximum absolute atomic E-state index is 12.2. The molecule has 0 unspecified atom stereocenters. The Morgan fingerprint density at radius 2 is 2.05 bits per heavy atom. The summed E-state index contributed by atoms with van der Waals surface area (Å²) in [6, 6.07) is 6.45. The third-order valence-electron chi connectivity index (χ3n) is 2.95. The molecule has 1 heterocycles. The first-order valence-corrected chi connectivity index (χ1v) is 6.24. The maximum atomic E-state index is 12.2. The highest BCUT2D eigenvalue weighted by Crippen LogP contribution is 2.02. The van der Waals surface area contributed by atoms with Crippen LogP contribution in [0.3, 0.4) is 0 Å². The van der Waals surface area contributed by atoms with Crippen LogP contribution in [0, 0.1) is 0 Å². The van der Waals surface area contributed by atoms with Gasteiger partial charge in [-0.15, -0.1) is 12.4 Å². The molecule has 0 aliphatic heterocycles. The summed E-state index contributed by atoms with van der Waals surface area (Å²) in [7, 11) is 0. The van der Waals surface area contributed by atoms with Crippen LogP contribution >= 0.6 is 12.4 Å². The van der Waals surface area contributed by atoms with Crippen molar-refractivity contribution >= 4 is 29.2 Å². The summed E-state index contributed by atoms with van der Waals surface area (Å²) in [6.45, 7) is 1.70. The van der Waals surface area contributed by atoms with Crippen LogP contribution in [0.4, 0.5) is 0 Å². The Labute approximate surface area is 126 Å². The molecule has 8 heteroatoms. The van der Waals surface area contributed by atoms with Crippen molar-refractivity contribution in [1.82, 2.24) is 14.9 Å². The summed E-state index contributed by atoms with van der Waals surface area (Å²) in [5.74, 6) is -0.425. The molecule has 4 N–H and O–H groups in total. The molecule has 2 aromatic rings. The molecule has 0 radical (unpaired) electrons. The molecule has 1 aromatic carbocycles. The number of aromatic nitrogens is 2. The monoisotopic (exact) mass is 312 g/mol. The Kier molecular flexibility index (Phi) is 5.69. The number of hydrogen-bond acceptors (Lipinski definition) is 4. The number of nitrogens with two attached hydrogens (primary N) is 1. The van der Waals surface area contributed by atoms with E-state index in [0.29, 0.717) is 10.9 Å². The standard InChI is InChI=1S/C13H16N4O3.ClH/c1-8(6-14)15-11(18)7-17-12(19)9-4-2-3-5-10(9)16-13(17)20;/h2-5,8H,6-7,14H2,1H3,(H,15,18)(H,16,20);1H/t8-;/m0./s1. The van der Waals surface area contributed by atoms with Crippen LogP contribution in [0.15, 0.2) is 33.9 Å². The highest BCUT2D eigenvalue weighted by Gasteiger charge is 2.12. The van der Waals surface area contributed by atoms with E-state index < -0.39 is 17.2 Å². The molecular weight excluding hydrogens is 296 g/mol. The van der Waals surface area contributed by atoms with Gasteiger partial charge in [-0.05, 0) is 19.1 Å². The SMILES string of the molecule is C[C@@H](CN)NC(=O)Cn1c(=O)[nH]c2ccccc2c1=O.Cl. The fourth-order valence-corrected chi connectivity index (χ4v) is 1.87. The summed E-state index contributed by atoms with van der Waals surface area (Å²) in [5.41, 5.74) is 4.76. The second-order valence-corrected chi connectivity index (χ2v) is 4.57. The minimum Gasteiger partial charge on any atom is -0.351 e. The topological polar surface area (TPSA) is 110 Å². The largest absolute Gasteiger partial charge is 0.351 e. The summed E-state index contributed by atoms with van der Waals surface area (Å²) in [4.78, 5) is 38.3. The van der Waals surface area contributed by atoms with Crippen molar-refractivity contribution in [2.45, 2.75) is 19.5 Å². The van der Waals surface area contributed by atoms with Gasteiger partial charge in [0.1, 0.15) is 6.54 Å². The van der Waals surface area contributed by atoms with Crippen LogP contribution in [0.5, 0.6) is 0 Å². The van der Waals surface area contributed by atoms with Crippen LogP contribution in [-0.4, -0.2) is 28.0 Å². The Morgan fingerprint density at radius 3 is 2.71 bits per heavy atom. The Balaban J connectivity index is 0.00000220. The van der Waals surface area contributed by atoms with Gasteiger partial charge in [-0.1, -0.05) is 12.1 Å². The third-order valence-corrected chi connectivity index (χ3v) is 2.95. The van der Waals surface area contributed by atoms with E-state index in [2.05, 4.69) is 10.3 Å². The van der Waals surface area contributed by atoms with Crippen LogP contribution in [-0.2, 0) is 11.3 Å². The first-order chi connectivity index (χ1) is 9.52. The Bertz CT molecular complexity index is 753. The van der Waals surface area contributed by atoms with Gasteiger partial charge in [-0.2, -0.15) is 0 Å². The number of para-hydroxylation sites is 1. The zero-order valence-electron chi connectivity index (χ0n) is 11.5. The number of fused-ring (bicyclic) bond motifs is 1. The van der Waals surface area contributed by atoms with Crippen molar-refractivity contribution in [2.75, 3.05) is 6.54 Å². The molecule has 0 fully saturated rings. The van der Waals surface area contributed by atoms with Gasteiger partial charge in [0.25, 0.3) is 5.56 Å². The second-order valence-electron chi connectivity index (χ2n) is 4.57. The molecule has 0 aliphatic rings. The molecule has 0 saturated heterocycles. The predicted molar refractivity (Wildman–Crippen MR) is 82.7 cm³/mol.